The van der Waals surface area contributed by atoms with Gasteiger partial charge in [0.1, 0.15) is 5.75 Å². The van der Waals surface area contributed by atoms with Crippen LogP contribution in [-0.2, 0) is 6.54 Å². The molecular formula is C10H10N2O2. The number of aromatic nitrogens is 1. The van der Waals surface area contributed by atoms with Crippen LogP contribution >= 0.6 is 0 Å². The van der Waals surface area contributed by atoms with E-state index in [9.17, 15) is 9.90 Å². The van der Waals surface area contributed by atoms with Crippen molar-refractivity contribution in [2.45, 2.75) is 6.54 Å². The Labute approximate surface area is 80.2 Å². The standard InChI is InChI=1S/C10H10N2O2/c11-6-7-3-4-8-9(13)2-1-5-12(8)10(7)14/h1-5,13H,6,11H2. The van der Waals surface area contributed by atoms with Crippen LogP contribution in [0.3, 0.4) is 0 Å². The Bertz CT molecular complexity index is 531. The van der Waals surface area contributed by atoms with Gasteiger partial charge in [0.15, 0.2) is 0 Å². The van der Waals surface area contributed by atoms with E-state index in [0.717, 1.165) is 0 Å². The molecule has 2 rings (SSSR count). The topological polar surface area (TPSA) is 67.7 Å². The number of nitrogens with zero attached hydrogens (tertiary/aromatic N) is 1. The van der Waals surface area contributed by atoms with Gasteiger partial charge in [-0.2, -0.15) is 0 Å². The molecule has 0 radical (unpaired) electrons. The van der Waals surface area contributed by atoms with Crippen LogP contribution in [-0.4, -0.2) is 9.51 Å². The van der Waals surface area contributed by atoms with Crippen LogP contribution < -0.4 is 11.3 Å². The van der Waals surface area contributed by atoms with E-state index >= 15 is 0 Å². The number of nitrogens with two attached hydrogens (primary N) is 1. The minimum atomic E-state index is -0.180. The first kappa shape index (κ1) is 8.77. The summed E-state index contributed by atoms with van der Waals surface area (Å²) in [5, 5.41) is 9.47. The van der Waals surface area contributed by atoms with Crippen LogP contribution in [0.15, 0.2) is 35.3 Å². The summed E-state index contributed by atoms with van der Waals surface area (Å²) in [5.74, 6) is 0.0909. The van der Waals surface area contributed by atoms with Crippen molar-refractivity contribution in [1.82, 2.24) is 4.40 Å². The summed E-state index contributed by atoms with van der Waals surface area (Å²) in [7, 11) is 0. The fourth-order valence-electron chi connectivity index (χ4n) is 1.41. The minimum Gasteiger partial charge on any atom is -0.506 e. The Kier molecular flexibility index (Phi) is 1.98. The predicted molar refractivity (Wildman–Crippen MR) is 53.2 cm³/mol. The lowest BCUT2D eigenvalue weighted by Gasteiger charge is -2.03. The van der Waals surface area contributed by atoms with E-state index in [1.807, 2.05) is 0 Å². The Balaban J connectivity index is 2.91. The van der Waals surface area contributed by atoms with Crippen molar-refractivity contribution in [2.24, 2.45) is 5.73 Å². The van der Waals surface area contributed by atoms with Gasteiger partial charge >= 0.3 is 0 Å². The van der Waals surface area contributed by atoms with E-state index in [4.69, 9.17) is 5.73 Å². The van der Waals surface area contributed by atoms with E-state index in [2.05, 4.69) is 0 Å². The van der Waals surface area contributed by atoms with Crippen LogP contribution in [0, 0.1) is 0 Å². The first-order chi connectivity index (χ1) is 6.74. The minimum absolute atomic E-state index is 0.0909. The van der Waals surface area contributed by atoms with Gasteiger partial charge in [-0.05, 0) is 24.3 Å². The average molecular weight is 190 g/mol. The quantitative estimate of drug-likeness (QED) is 0.686. The Morgan fingerprint density at radius 2 is 2.14 bits per heavy atom. The highest BCUT2D eigenvalue weighted by molar-refractivity contribution is 5.58. The van der Waals surface area contributed by atoms with Gasteiger partial charge in [0.2, 0.25) is 0 Å². The molecule has 72 valence electrons. The molecule has 4 nitrogen and oxygen atoms in total. The van der Waals surface area contributed by atoms with Crippen LogP contribution in [0.2, 0.25) is 0 Å². The number of fused-ring (bicyclic) bond motifs is 1. The summed E-state index contributed by atoms with van der Waals surface area (Å²) in [6.07, 6.45) is 1.61. The molecule has 0 bridgehead atoms. The number of rotatable bonds is 1. The molecule has 0 atom stereocenters. The van der Waals surface area contributed by atoms with Gasteiger partial charge in [-0.1, -0.05) is 0 Å². The predicted octanol–water partition coefficient (Wildman–Crippen LogP) is 0.464. The molecule has 0 saturated carbocycles. The van der Waals surface area contributed by atoms with Crippen molar-refractivity contribution in [2.75, 3.05) is 0 Å². The summed E-state index contributed by atoms with van der Waals surface area (Å²) in [5.41, 5.74) is 6.25. The van der Waals surface area contributed by atoms with Gasteiger partial charge in [0, 0.05) is 18.3 Å². The van der Waals surface area contributed by atoms with Crippen molar-refractivity contribution in [1.29, 1.82) is 0 Å². The normalized spacial score (nSPS) is 10.6. The van der Waals surface area contributed by atoms with Gasteiger partial charge in [-0.25, -0.2) is 0 Å². The fraction of sp³-hybridized carbons (Fsp3) is 0.100. The molecular weight excluding hydrogens is 180 g/mol. The van der Waals surface area contributed by atoms with Crippen LogP contribution in [0.4, 0.5) is 0 Å². The molecule has 0 aliphatic heterocycles. The van der Waals surface area contributed by atoms with Gasteiger partial charge < -0.3 is 10.8 Å². The molecule has 0 amide bonds. The molecule has 2 heterocycles. The molecule has 0 unspecified atom stereocenters. The second-order valence-corrected chi connectivity index (χ2v) is 3.02. The first-order valence-electron chi connectivity index (χ1n) is 4.26. The lowest BCUT2D eigenvalue weighted by atomic mass is 10.2. The van der Waals surface area contributed by atoms with Crippen LogP contribution in [0.25, 0.3) is 5.52 Å². The highest BCUT2D eigenvalue weighted by Gasteiger charge is 2.03. The molecule has 0 aliphatic rings. The van der Waals surface area contributed by atoms with Crippen molar-refractivity contribution in [3.05, 3.63) is 46.4 Å². The second kappa shape index (κ2) is 3.16. The molecule has 0 aromatic carbocycles. The summed E-state index contributed by atoms with van der Waals surface area (Å²) in [6.45, 7) is 0.206. The van der Waals surface area contributed by atoms with Crippen LogP contribution in [0.1, 0.15) is 5.56 Å². The summed E-state index contributed by atoms with van der Waals surface area (Å²) in [6, 6.07) is 6.47. The van der Waals surface area contributed by atoms with E-state index in [1.165, 1.54) is 10.5 Å². The molecule has 0 spiro atoms. The summed E-state index contributed by atoms with van der Waals surface area (Å²) < 4.78 is 1.39. The van der Waals surface area contributed by atoms with Gasteiger partial charge in [-0.3, -0.25) is 9.20 Å². The molecule has 3 N–H and O–H groups in total. The fourth-order valence-corrected chi connectivity index (χ4v) is 1.41. The molecule has 0 fully saturated rings. The SMILES string of the molecule is NCc1ccc2c(O)cccn2c1=O. The number of aromatic hydroxyl groups is 1. The van der Waals surface area contributed by atoms with Gasteiger partial charge in [-0.15, -0.1) is 0 Å². The second-order valence-electron chi connectivity index (χ2n) is 3.02. The number of hydrogen-bond acceptors (Lipinski definition) is 3. The van der Waals surface area contributed by atoms with Gasteiger partial charge in [0.25, 0.3) is 5.56 Å². The lowest BCUT2D eigenvalue weighted by Crippen LogP contribution is -2.19. The Morgan fingerprint density at radius 1 is 1.36 bits per heavy atom. The van der Waals surface area contributed by atoms with Crippen LogP contribution in [0.5, 0.6) is 5.75 Å². The third kappa shape index (κ3) is 1.16. The highest BCUT2D eigenvalue weighted by atomic mass is 16.3. The third-order valence-electron chi connectivity index (χ3n) is 2.17. The Morgan fingerprint density at radius 3 is 2.86 bits per heavy atom. The molecule has 14 heavy (non-hydrogen) atoms. The van der Waals surface area contributed by atoms with E-state index in [1.54, 1.807) is 24.4 Å². The highest BCUT2D eigenvalue weighted by Crippen LogP contribution is 2.15. The van der Waals surface area contributed by atoms with Crippen molar-refractivity contribution in [3.63, 3.8) is 0 Å². The molecule has 0 saturated heterocycles. The maximum absolute atomic E-state index is 11.7. The number of pyridine rings is 2. The summed E-state index contributed by atoms with van der Waals surface area (Å²) in [4.78, 5) is 11.7. The lowest BCUT2D eigenvalue weighted by molar-refractivity contribution is 0.478. The largest absolute Gasteiger partial charge is 0.506 e. The average Bonchev–Trinajstić information content (AvgIpc) is 2.20. The number of hydrogen-bond donors (Lipinski definition) is 2. The summed E-state index contributed by atoms with van der Waals surface area (Å²) >= 11 is 0. The maximum atomic E-state index is 11.7. The molecule has 0 aliphatic carbocycles. The van der Waals surface area contributed by atoms with Gasteiger partial charge in [0.05, 0.1) is 5.52 Å². The third-order valence-corrected chi connectivity index (χ3v) is 2.17. The Hall–Kier alpha value is -1.81. The zero-order chi connectivity index (χ0) is 10.1. The van der Waals surface area contributed by atoms with Crippen molar-refractivity contribution < 1.29 is 5.11 Å². The van der Waals surface area contributed by atoms with E-state index in [-0.39, 0.29) is 17.9 Å². The first-order valence-corrected chi connectivity index (χ1v) is 4.26. The zero-order valence-corrected chi connectivity index (χ0v) is 7.47. The molecule has 2 aromatic heterocycles. The van der Waals surface area contributed by atoms with Crippen molar-refractivity contribution >= 4 is 5.52 Å². The monoisotopic (exact) mass is 190 g/mol. The molecule has 2 aromatic rings. The van der Waals surface area contributed by atoms with E-state index < -0.39 is 0 Å². The van der Waals surface area contributed by atoms with E-state index in [0.29, 0.717) is 11.1 Å². The smallest absolute Gasteiger partial charge is 0.259 e. The maximum Gasteiger partial charge on any atom is 0.259 e. The zero-order valence-electron chi connectivity index (χ0n) is 7.47. The van der Waals surface area contributed by atoms with Crippen molar-refractivity contribution in [3.8, 4) is 5.75 Å². The molecule has 4 heteroatoms.